The normalized spacial score (nSPS) is 24.9. The molecule has 1 aromatic rings. The average Bonchev–Trinajstić information content (AvgIpc) is 2.90. The van der Waals surface area contributed by atoms with Crippen LogP contribution in [0.3, 0.4) is 0 Å². The maximum Gasteiger partial charge on any atom is 0.254 e. The first kappa shape index (κ1) is 14.4. The molecule has 0 radical (unpaired) electrons. The monoisotopic (exact) mass is 287 g/mol. The predicted molar refractivity (Wildman–Crippen MR) is 84.0 cm³/mol. The topological polar surface area (TPSA) is 59.2 Å². The van der Waals surface area contributed by atoms with E-state index in [1.54, 1.807) is 6.07 Å². The van der Waals surface area contributed by atoms with Crippen molar-refractivity contribution in [2.24, 2.45) is 5.92 Å². The van der Waals surface area contributed by atoms with E-state index < -0.39 is 0 Å². The Labute approximate surface area is 126 Å². The lowest BCUT2D eigenvalue weighted by molar-refractivity contribution is 0.0690. The Balaban J connectivity index is 1.81. The number of nitrogen functional groups attached to an aromatic ring is 1. The fraction of sp³-hybridized carbons (Fsp3) is 0.647. The molecule has 0 bridgehead atoms. The summed E-state index contributed by atoms with van der Waals surface area (Å²) in [6.45, 7) is 3.01. The molecule has 2 atom stereocenters. The van der Waals surface area contributed by atoms with Gasteiger partial charge in [0.05, 0.1) is 0 Å². The van der Waals surface area contributed by atoms with Crippen LogP contribution in [0.25, 0.3) is 0 Å². The Morgan fingerprint density at radius 3 is 2.95 bits per heavy atom. The van der Waals surface area contributed by atoms with Crippen LogP contribution in [-0.2, 0) is 6.42 Å². The lowest BCUT2D eigenvalue weighted by Gasteiger charge is -2.31. The zero-order chi connectivity index (χ0) is 14.8. The quantitative estimate of drug-likeness (QED) is 0.929. The molecule has 0 spiro atoms. The zero-order valence-electron chi connectivity index (χ0n) is 12.8. The number of anilines is 1. The number of nitrogens with two attached hydrogens (primary N) is 1. The highest BCUT2D eigenvalue weighted by Crippen LogP contribution is 2.36. The van der Waals surface area contributed by atoms with Crippen molar-refractivity contribution < 1.29 is 4.79 Å². The summed E-state index contributed by atoms with van der Waals surface area (Å²) in [5.41, 5.74) is 7.53. The van der Waals surface area contributed by atoms with Crippen LogP contribution < -0.4 is 5.73 Å². The minimum Gasteiger partial charge on any atom is -0.384 e. The summed E-state index contributed by atoms with van der Waals surface area (Å²) in [5.74, 6) is 1.33. The lowest BCUT2D eigenvalue weighted by Crippen LogP contribution is -2.39. The molecule has 1 saturated carbocycles. The molecule has 3 rings (SSSR count). The fourth-order valence-electron chi connectivity index (χ4n) is 3.94. The molecule has 1 aliphatic carbocycles. The third-order valence-corrected chi connectivity index (χ3v) is 4.92. The van der Waals surface area contributed by atoms with E-state index in [-0.39, 0.29) is 5.91 Å². The van der Waals surface area contributed by atoms with E-state index in [0.717, 1.165) is 36.6 Å². The highest BCUT2D eigenvalue weighted by molar-refractivity contribution is 5.95. The Hall–Kier alpha value is -1.58. The SMILES string of the molecule is CCCc1cc(C(=O)N2CCC3CCCCC32)cc(N)n1. The number of nitrogens with zero attached hydrogens (tertiary/aromatic N) is 2. The van der Waals surface area contributed by atoms with E-state index in [1.165, 1.54) is 32.1 Å². The first-order chi connectivity index (χ1) is 10.2. The van der Waals surface area contributed by atoms with Crippen LogP contribution in [0.2, 0.25) is 0 Å². The van der Waals surface area contributed by atoms with E-state index in [4.69, 9.17) is 5.73 Å². The van der Waals surface area contributed by atoms with Crippen molar-refractivity contribution >= 4 is 11.7 Å². The molecule has 2 N–H and O–H groups in total. The molecule has 21 heavy (non-hydrogen) atoms. The summed E-state index contributed by atoms with van der Waals surface area (Å²) in [7, 11) is 0. The summed E-state index contributed by atoms with van der Waals surface area (Å²) >= 11 is 0. The van der Waals surface area contributed by atoms with Gasteiger partial charge in [-0.25, -0.2) is 4.98 Å². The first-order valence-electron chi connectivity index (χ1n) is 8.26. The van der Waals surface area contributed by atoms with E-state index in [9.17, 15) is 4.79 Å². The Bertz CT molecular complexity index is 529. The minimum atomic E-state index is 0.149. The van der Waals surface area contributed by atoms with Crippen molar-refractivity contribution in [3.8, 4) is 0 Å². The van der Waals surface area contributed by atoms with Gasteiger partial charge in [0.15, 0.2) is 0 Å². The van der Waals surface area contributed by atoms with Gasteiger partial charge in [-0.2, -0.15) is 0 Å². The van der Waals surface area contributed by atoms with Gasteiger partial charge in [0.25, 0.3) is 5.91 Å². The fourth-order valence-corrected chi connectivity index (χ4v) is 3.94. The van der Waals surface area contributed by atoms with Gasteiger partial charge in [-0.15, -0.1) is 0 Å². The van der Waals surface area contributed by atoms with Crippen molar-refractivity contribution in [3.05, 3.63) is 23.4 Å². The van der Waals surface area contributed by atoms with Crippen molar-refractivity contribution in [2.75, 3.05) is 12.3 Å². The number of hydrogen-bond acceptors (Lipinski definition) is 3. The number of carbonyl (C=O) groups is 1. The number of rotatable bonds is 3. The van der Waals surface area contributed by atoms with Crippen LogP contribution in [0.15, 0.2) is 12.1 Å². The van der Waals surface area contributed by atoms with Crippen molar-refractivity contribution in [1.29, 1.82) is 0 Å². The van der Waals surface area contributed by atoms with Gasteiger partial charge in [-0.3, -0.25) is 4.79 Å². The van der Waals surface area contributed by atoms with Gasteiger partial charge >= 0.3 is 0 Å². The molecule has 2 unspecified atom stereocenters. The molecule has 4 heteroatoms. The molecule has 0 aromatic carbocycles. The van der Waals surface area contributed by atoms with Gasteiger partial charge in [-0.1, -0.05) is 26.2 Å². The molecule has 2 fully saturated rings. The second-order valence-electron chi connectivity index (χ2n) is 6.42. The van der Waals surface area contributed by atoms with Gasteiger partial charge in [0.1, 0.15) is 5.82 Å². The van der Waals surface area contributed by atoms with Crippen LogP contribution >= 0.6 is 0 Å². The number of hydrogen-bond donors (Lipinski definition) is 1. The van der Waals surface area contributed by atoms with Crippen molar-refractivity contribution in [1.82, 2.24) is 9.88 Å². The number of carbonyl (C=O) groups excluding carboxylic acids is 1. The van der Waals surface area contributed by atoms with Crippen LogP contribution in [0.1, 0.15) is 61.5 Å². The molecule has 1 saturated heterocycles. The molecule has 2 heterocycles. The number of aryl methyl sites for hydroxylation is 1. The smallest absolute Gasteiger partial charge is 0.254 e. The third kappa shape index (κ3) is 2.89. The third-order valence-electron chi connectivity index (χ3n) is 4.92. The number of fused-ring (bicyclic) bond motifs is 1. The maximum absolute atomic E-state index is 12.9. The summed E-state index contributed by atoms with van der Waals surface area (Å²) in [6.07, 6.45) is 8.08. The van der Waals surface area contributed by atoms with E-state index >= 15 is 0 Å². The molecule has 114 valence electrons. The second kappa shape index (κ2) is 6.04. The number of amides is 1. The highest BCUT2D eigenvalue weighted by atomic mass is 16.2. The second-order valence-corrected chi connectivity index (χ2v) is 6.42. The molecule has 4 nitrogen and oxygen atoms in total. The molecular weight excluding hydrogens is 262 g/mol. The average molecular weight is 287 g/mol. The van der Waals surface area contributed by atoms with Gasteiger partial charge in [0, 0.05) is 23.8 Å². The van der Waals surface area contributed by atoms with Gasteiger partial charge < -0.3 is 10.6 Å². The van der Waals surface area contributed by atoms with E-state index in [0.29, 0.717) is 11.9 Å². The Kier molecular flexibility index (Phi) is 4.13. The Morgan fingerprint density at radius 2 is 2.14 bits per heavy atom. The summed E-state index contributed by atoms with van der Waals surface area (Å²) in [6, 6.07) is 4.12. The lowest BCUT2D eigenvalue weighted by atomic mass is 9.85. The standard InChI is InChI=1S/C17H25N3O/c1-2-5-14-10-13(11-16(18)19-14)17(21)20-9-8-12-6-3-4-7-15(12)20/h10-12,15H,2-9H2,1H3,(H2,18,19). The number of aromatic nitrogens is 1. The summed E-state index contributed by atoms with van der Waals surface area (Å²) in [4.78, 5) is 19.3. The number of pyridine rings is 1. The van der Waals surface area contributed by atoms with Crippen LogP contribution in [0.4, 0.5) is 5.82 Å². The molecule has 1 aliphatic heterocycles. The summed E-state index contributed by atoms with van der Waals surface area (Å²) in [5, 5.41) is 0. The van der Waals surface area contributed by atoms with Crippen molar-refractivity contribution in [3.63, 3.8) is 0 Å². The Morgan fingerprint density at radius 1 is 1.33 bits per heavy atom. The zero-order valence-corrected chi connectivity index (χ0v) is 12.8. The molecule has 2 aliphatic rings. The molecule has 1 aromatic heterocycles. The summed E-state index contributed by atoms with van der Waals surface area (Å²) < 4.78 is 0. The number of likely N-dealkylation sites (tertiary alicyclic amines) is 1. The first-order valence-corrected chi connectivity index (χ1v) is 8.26. The minimum absolute atomic E-state index is 0.149. The molecule has 1 amide bonds. The predicted octanol–water partition coefficient (Wildman–Crippen LogP) is 3.02. The van der Waals surface area contributed by atoms with Gasteiger partial charge in [0.2, 0.25) is 0 Å². The van der Waals surface area contributed by atoms with Gasteiger partial charge in [-0.05, 0) is 43.7 Å². The van der Waals surface area contributed by atoms with E-state index in [1.807, 2.05) is 6.07 Å². The van der Waals surface area contributed by atoms with E-state index in [2.05, 4.69) is 16.8 Å². The highest BCUT2D eigenvalue weighted by Gasteiger charge is 2.38. The maximum atomic E-state index is 12.9. The largest absolute Gasteiger partial charge is 0.384 e. The molecular formula is C17H25N3O. The van der Waals surface area contributed by atoms with Crippen LogP contribution in [0.5, 0.6) is 0 Å². The van der Waals surface area contributed by atoms with Crippen LogP contribution in [0, 0.1) is 5.92 Å². The van der Waals surface area contributed by atoms with Crippen molar-refractivity contribution in [2.45, 2.75) is 57.9 Å². The van der Waals surface area contributed by atoms with Crippen LogP contribution in [-0.4, -0.2) is 28.4 Å².